The van der Waals surface area contributed by atoms with Crippen LogP contribution in [0.25, 0.3) is 0 Å². The van der Waals surface area contributed by atoms with Gasteiger partial charge in [0.25, 0.3) is 0 Å². The second-order valence-electron chi connectivity index (χ2n) is 5.76. The van der Waals surface area contributed by atoms with Crippen LogP contribution in [0.1, 0.15) is 44.6 Å². The number of nitrogens with one attached hydrogen (secondary N) is 1. The molecular weight excluding hydrogens is 234 g/mol. The molecule has 0 atom stereocenters. The van der Waals surface area contributed by atoms with E-state index in [0.29, 0.717) is 11.3 Å². The van der Waals surface area contributed by atoms with Crippen LogP contribution in [0.4, 0.5) is 11.4 Å². The highest BCUT2D eigenvalue weighted by atomic mass is 14.9. The van der Waals surface area contributed by atoms with Gasteiger partial charge in [-0.15, -0.1) is 0 Å². The van der Waals surface area contributed by atoms with E-state index < -0.39 is 0 Å². The van der Waals surface area contributed by atoms with Crippen LogP contribution in [-0.2, 0) is 0 Å². The van der Waals surface area contributed by atoms with E-state index in [4.69, 9.17) is 11.0 Å². The molecule has 3 nitrogen and oxygen atoms in total. The van der Waals surface area contributed by atoms with Gasteiger partial charge in [-0.1, -0.05) is 32.6 Å². The van der Waals surface area contributed by atoms with Crippen molar-refractivity contribution in [2.75, 3.05) is 17.6 Å². The lowest BCUT2D eigenvalue weighted by molar-refractivity contribution is 0.282. The first-order valence-corrected chi connectivity index (χ1v) is 7.22. The van der Waals surface area contributed by atoms with Crippen LogP contribution in [0.2, 0.25) is 0 Å². The van der Waals surface area contributed by atoms with Crippen molar-refractivity contribution in [2.45, 2.75) is 39.0 Å². The fourth-order valence-electron chi connectivity index (χ4n) is 2.80. The highest BCUT2D eigenvalue weighted by Crippen LogP contribution is 2.30. The van der Waals surface area contributed by atoms with E-state index in [1.54, 1.807) is 6.07 Å². The summed E-state index contributed by atoms with van der Waals surface area (Å²) in [5, 5.41) is 12.3. The molecule has 1 fully saturated rings. The fraction of sp³-hybridized carbons (Fsp3) is 0.562. The molecule has 3 N–H and O–H groups in total. The predicted molar refractivity (Wildman–Crippen MR) is 79.8 cm³/mol. The average molecular weight is 257 g/mol. The van der Waals surface area contributed by atoms with E-state index in [1.807, 2.05) is 12.1 Å². The molecule has 0 saturated heterocycles. The molecule has 19 heavy (non-hydrogen) atoms. The lowest BCUT2D eigenvalue weighted by atomic mass is 9.81. The highest BCUT2D eigenvalue weighted by molar-refractivity contribution is 5.61. The van der Waals surface area contributed by atoms with Gasteiger partial charge in [0, 0.05) is 17.9 Å². The normalized spacial score (nSPS) is 22.7. The number of anilines is 2. The van der Waals surface area contributed by atoms with Crippen LogP contribution in [0.3, 0.4) is 0 Å². The third kappa shape index (κ3) is 3.89. The Balaban J connectivity index is 1.78. The van der Waals surface area contributed by atoms with Crippen molar-refractivity contribution in [1.82, 2.24) is 0 Å². The first-order chi connectivity index (χ1) is 9.19. The molecule has 1 aliphatic carbocycles. The lowest BCUT2D eigenvalue weighted by Crippen LogP contribution is -2.15. The zero-order valence-corrected chi connectivity index (χ0v) is 11.7. The van der Waals surface area contributed by atoms with E-state index in [9.17, 15) is 0 Å². The Morgan fingerprint density at radius 3 is 2.74 bits per heavy atom. The van der Waals surface area contributed by atoms with Crippen molar-refractivity contribution in [3.8, 4) is 6.07 Å². The number of hydrogen-bond donors (Lipinski definition) is 2. The summed E-state index contributed by atoms with van der Waals surface area (Å²) in [5.41, 5.74) is 7.81. The molecule has 0 unspecified atom stereocenters. The average Bonchev–Trinajstić information content (AvgIpc) is 2.43. The third-order valence-corrected chi connectivity index (χ3v) is 4.19. The molecule has 1 aromatic rings. The van der Waals surface area contributed by atoms with Gasteiger partial charge in [-0.3, -0.25) is 0 Å². The third-order valence-electron chi connectivity index (χ3n) is 4.19. The Morgan fingerprint density at radius 1 is 1.32 bits per heavy atom. The van der Waals surface area contributed by atoms with Crippen LogP contribution >= 0.6 is 0 Å². The van der Waals surface area contributed by atoms with Crippen molar-refractivity contribution in [3.63, 3.8) is 0 Å². The highest BCUT2D eigenvalue weighted by Gasteiger charge is 2.17. The molecule has 0 aliphatic heterocycles. The number of nitriles is 1. The van der Waals surface area contributed by atoms with Gasteiger partial charge < -0.3 is 11.1 Å². The molecule has 3 heteroatoms. The SMILES string of the molecule is CC1CCC(CCNc2ccc(N)c(C#N)c2)CC1. The predicted octanol–water partition coefficient (Wildman–Crippen LogP) is 3.77. The number of nitrogens with zero attached hydrogens (tertiary/aromatic N) is 1. The van der Waals surface area contributed by atoms with Gasteiger partial charge in [-0.05, 0) is 36.5 Å². The van der Waals surface area contributed by atoms with Crippen LogP contribution < -0.4 is 11.1 Å². The molecular formula is C16H23N3. The van der Waals surface area contributed by atoms with Crippen molar-refractivity contribution >= 4 is 11.4 Å². The minimum Gasteiger partial charge on any atom is -0.398 e. The summed E-state index contributed by atoms with van der Waals surface area (Å²) in [6.45, 7) is 3.33. The monoisotopic (exact) mass is 257 g/mol. The van der Waals surface area contributed by atoms with Gasteiger partial charge >= 0.3 is 0 Å². The molecule has 1 aliphatic rings. The largest absolute Gasteiger partial charge is 0.398 e. The summed E-state index contributed by atoms with van der Waals surface area (Å²) in [5.74, 6) is 1.78. The second-order valence-corrected chi connectivity index (χ2v) is 5.76. The zero-order chi connectivity index (χ0) is 13.7. The van der Waals surface area contributed by atoms with E-state index in [-0.39, 0.29) is 0 Å². The van der Waals surface area contributed by atoms with Crippen molar-refractivity contribution in [3.05, 3.63) is 23.8 Å². The number of rotatable bonds is 4. The van der Waals surface area contributed by atoms with Gasteiger partial charge in [0.2, 0.25) is 0 Å². The summed E-state index contributed by atoms with van der Waals surface area (Å²) >= 11 is 0. The molecule has 0 radical (unpaired) electrons. The number of nitrogen functional groups attached to an aromatic ring is 1. The van der Waals surface area contributed by atoms with E-state index in [2.05, 4.69) is 18.3 Å². The molecule has 0 bridgehead atoms. The van der Waals surface area contributed by atoms with Gasteiger partial charge in [0.05, 0.1) is 5.56 Å². The van der Waals surface area contributed by atoms with Crippen molar-refractivity contribution < 1.29 is 0 Å². The van der Waals surface area contributed by atoms with Gasteiger partial charge in [0.15, 0.2) is 0 Å². The molecule has 0 aromatic heterocycles. The van der Waals surface area contributed by atoms with Gasteiger partial charge in [-0.25, -0.2) is 0 Å². The molecule has 0 amide bonds. The molecule has 2 rings (SSSR count). The quantitative estimate of drug-likeness (QED) is 0.807. The van der Waals surface area contributed by atoms with Crippen LogP contribution in [-0.4, -0.2) is 6.54 Å². The minimum atomic E-state index is 0.550. The maximum absolute atomic E-state index is 8.94. The molecule has 0 spiro atoms. The summed E-state index contributed by atoms with van der Waals surface area (Å²) < 4.78 is 0. The zero-order valence-electron chi connectivity index (χ0n) is 11.7. The molecule has 0 heterocycles. The first kappa shape index (κ1) is 13.7. The Bertz CT molecular complexity index is 454. The Labute approximate surface area is 115 Å². The maximum atomic E-state index is 8.94. The summed E-state index contributed by atoms with van der Waals surface area (Å²) in [7, 11) is 0. The van der Waals surface area contributed by atoms with Crippen LogP contribution in [0.15, 0.2) is 18.2 Å². The Kier molecular flexibility index (Phi) is 4.68. The Hall–Kier alpha value is -1.69. The van der Waals surface area contributed by atoms with Crippen LogP contribution in [0, 0.1) is 23.2 Å². The standard InChI is InChI=1S/C16H23N3/c1-12-2-4-13(5-3-12)8-9-19-15-6-7-16(18)14(10-15)11-17/h6-7,10,12-13,19H,2-5,8-9,18H2,1H3. The van der Waals surface area contributed by atoms with E-state index in [0.717, 1.165) is 24.1 Å². The van der Waals surface area contributed by atoms with Gasteiger partial charge in [-0.2, -0.15) is 5.26 Å². The summed E-state index contributed by atoms with van der Waals surface area (Å²) in [4.78, 5) is 0. The van der Waals surface area contributed by atoms with Crippen molar-refractivity contribution in [1.29, 1.82) is 5.26 Å². The smallest absolute Gasteiger partial charge is 0.101 e. The molecule has 102 valence electrons. The molecule has 1 aromatic carbocycles. The number of hydrogen-bond acceptors (Lipinski definition) is 3. The minimum absolute atomic E-state index is 0.550. The summed E-state index contributed by atoms with van der Waals surface area (Å²) in [6, 6.07) is 7.69. The second kappa shape index (κ2) is 6.47. The topological polar surface area (TPSA) is 61.8 Å². The van der Waals surface area contributed by atoms with Crippen molar-refractivity contribution in [2.24, 2.45) is 11.8 Å². The fourth-order valence-corrected chi connectivity index (χ4v) is 2.80. The maximum Gasteiger partial charge on any atom is 0.101 e. The molecule has 1 saturated carbocycles. The van der Waals surface area contributed by atoms with Crippen LogP contribution in [0.5, 0.6) is 0 Å². The number of benzene rings is 1. The van der Waals surface area contributed by atoms with Gasteiger partial charge in [0.1, 0.15) is 6.07 Å². The lowest BCUT2D eigenvalue weighted by Gasteiger charge is -2.26. The van der Waals surface area contributed by atoms with E-state index >= 15 is 0 Å². The van der Waals surface area contributed by atoms with E-state index in [1.165, 1.54) is 32.1 Å². The number of nitrogens with two attached hydrogens (primary N) is 1. The first-order valence-electron chi connectivity index (χ1n) is 7.22. The Morgan fingerprint density at radius 2 is 2.05 bits per heavy atom. The summed E-state index contributed by atoms with van der Waals surface area (Å²) in [6.07, 6.45) is 6.72.